The topological polar surface area (TPSA) is 60.4 Å². The van der Waals surface area contributed by atoms with Crippen LogP contribution in [0.5, 0.6) is 0 Å². The lowest BCUT2D eigenvalue weighted by Gasteiger charge is -2.59. The van der Waals surface area contributed by atoms with Crippen molar-refractivity contribution >= 4 is 17.5 Å². The summed E-state index contributed by atoms with van der Waals surface area (Å²) in [4.78, 5) is 37.8. The molecule has 4 saturated carbocycles. The van der Waals surface area contributed by atoms with Gasteiger partial charge in [0.2, 0.25) is 0 Å². The Morgan fingerprint density at radius 1 is 1.07 bits per heavy atom. The number of hydrogen-bond donors (Lipinski definition) is 0. The molecule has 0 aromatic rings. The molecule has 0 aromatic carbocycles. The molecule has 0 bridgehead atoms. The number of hydrogen-bond acceptors (Lipinski definition) is 4. The van der Waals surface area contributed by atoms with Gasteiger partial charge in [0.1, 0.15) is 11.6 Å². The molecule has 0 aliphatic heterocycles. The van der Waals surface area contributed by atoms with Gasteiger partial charge in [-0.1, -0.05) is 20.8 Å². The quantitative estimate of drug-likeness (QED) is 0.680. The summed E-state index contributed by atoms with van der Waals surface area (Å²) in [5.41, 5.74) is -0.248. The zero-order valence-electron chi connectivity index (χ0n) is 17.3. The molecular weight excluding hydrogens is 340 g/mol. The number of carbonyl (C=O) groups excluding carboxylic acids is 3. The molecule has 4 fully saturated rings. The molecule has 4 heteroatoms. The summed E-state index contributed by atoms with van der Waals surface area (Å²) < 4.78 is 5.01. The number of methoxy groups -OCH3 is 1. The molecule has 0 amide bonds. The predicted molar refractivity (Wildman–Crippen MR) is 102 cm³/mol. The second-order valence-corrected chi connectivity index (χ2v) is 10.3. The van der Waals surface area contributed by atoms with Crippen LogP contribution in [-0.2, 0) is 19.1 Å². The Kier molecular flexibility index (Phi) is 4.55. The molecule has 150 valence electrons. The van der Waals surface area contributed by atoms with Crippen LogP contribution in [0.1, 0.15) is 72.1 Å². The van der Waals surface area contributed by atoms with Crippen molar-refractivity contribution in [2.75, 3.05) is 7.11 Å². The van der Waals surface area contributed by atoms with Crippen molar-refractivity contribution in [3.05, 3.63) is 0 Å². The zero-order valence-corrected chi connectivity index (χ0v) is 17.3. The van der Waals surface area contributed by atoms with Crippen molar-refractivity contribution in [2.45, 2.75) is 72.1 Å². The van der Waals surface area contributed by atoms with Crippen LogP contribution in [0.15, 0.2) is 0 Å². The standard InChI is InChI=1S/C23H34O4/c1-13(21(26)27-4)17-7-8-18-16-6-5-14-11-15(24)9-10-22(14,2)19(16)12-20(25)23(17,18)3/h13-14,16-19H,5-12H2,1-4H3/t13-,14-,16+,17+,18+,19+,22-,23+/m0/s1. The first-order valence-corrected chi connectivity index (χ1v) is 10.9. The minimum Gasteiger partial charge on any atom is -0.469 e. The van der Waals surface area contributed by atoms with Gasteiger partial charge in [-0.25, -0.2) is 0 Å². The third-order valence-corrected chi connectivity index (χ3v) is 9.59. The molecule has 4 rings (SSSR count). The van der Waals surface area contributed by atoms with Crippen LogP contribution in [0.25, 0.3) is 0 Å². The fourth-order valence-electron chi connectivity index (χ4n) is 7.94. The maximum Gasteiger partial charge on any atom is 0.308 e. The second-order valence-electron chi connectivity index (χ2n) is 10.3. The van der Waals surface area contributed by atoms with E-state index >= 15 is 0 Å². The van der Waals surface area contributed by atoms with Crippen molar-refractivity contribution in [1.82, 2.24) is 0 Å². The number of Topliss-reactive ketones (excluding diaryl/α,β-unsaturated/α-hetero) is 2. The van der Waals surface area contributed by atoms with Gasteiger partial charge in [0.15, 0.2) is 0 Å². The van der Waals surface area contributed by atoms with Gasteiger partial charge < -0.3 is 4.74 Å². The van der Waals surface area contributed by atoms with Crippen molar-refractivity contribution in [2.24, 2.45) is 46.3 Å². The van der Waals surface area contributed by atoms with Crippen LogP contribution in [0.4, 0.5) is 0 Å². The minimum absolute atomic E-state index is 0.0989. The monoisotopic (exact) mass is 374 g/mol. The summed E-state index contributed by atoms with van der Waals surface area (Å²) in [5, 5.41) is 0. The molecule has 4 aliphatic rings. The van der Waals surface area contributed by atoms with Gasteiger partial charge >= 0.3 is 5.97 Å². The molecule has 0 saturated heterocycles. The number of carbonyl (C=O) groups is 3. The predicted octanol–water partition coefficient (Wildman–Crippen LogP) is 4.20. The smallest absolute Gasteiger partial charge is 0.308 e. The van der Waals surface area contributed by atoms with E-state index in [4.69, 9.17) is 4.74 Å². The van der Waals surface area contributed by atoms with Crippen molar-refractivity contribution in [3.8, 4) is 0 Å². The van der Waals surface area contributed by atoms with Crippen LogP contribution in [-0.4, -0.2) is 24.6 Å². The fraction of sp³-hybridized carbons (Fsp3) is 0.870. The SMILES string of the molecule is COC(=O)[C@@H](C)[C@H]1CC[C@@H]2[C@H]3CC[C@H]4CC(=O)CC[C@]4(C)[C@@H]3CC(=O)[C@@]21C. The molecule has 0 spiro atoms. The van der Waals surface area contributed by atoms with Crippen molar-refractivity contribution in [3.63, 3.8) is 0 Å². The lowest BCUT2D eigenvalue weighted by molar-refractivity contribution is -0.162. The normalized spacial score (nSPS) is 47.6. The van der Waals surface area contributed by atoms with Gasteiger partial charge in [0.25, 0.3) is 0 Å². The van der Waals surface area contributed by atoms with Gasteiger partial charge in [-0.05, 0) is 67.1 Å². The maximum atomic E-state index is 13.5. The average Bonchev–Trinajstić information content (AvgIpc) is 3.01. The van der Waals surface area contributed by atoms with Crippen molar-refractivity contribution < 1.29 is 19.1 Å². The molecule has 4 aliphatic carbocycles. The van der Waals surface area contributed by atoms with E-state index in [1.54, 1.807) is 0 Å². The Morgan fingerprint density at radius 3 is 2.52 bits per heavy atom. The number of fused-ring (bicyclic) bond motifs is 5. The molecule has 0 N–H and O–H groups in total. The maximum absolute atomic E-state index is 13.5. The molecule has 27 heavy (non-hydrogen) atoms. The van der Waals surface area contributed by atoms with E-state index in [0.717, 1.165) is 38.5 Å². The summed E-state index contributed by atoms with van der Waals surface area (Å²) in [6.45, 7) is 6.45. The molecule has 0 aromatic heterocycles. The largest absolute Gasteiger partial charge is 0.469 e. The van der Waals surface area contributed by atoms with Gasteiger partial charge in [-0.15, -0.1) is 0 Å². The second kappa shape index (κ2) is 6.42. The van der Waals surface area contributed by atoms with Crippen molar-refractivity contribution in [1.29, 1.82) is 0 Å². The van der Waals surface area contributed by atoms with E-state index in [1.807, 2.05) is 6.92 Å². The van der Waals surface area contributed by atoms with Crippen LogP contribution >= 0.6 is 0 Å². The molecule has 0 heterocycles. The van der Waals surface area contributed by atoms with E-state index in [1.165, 1.54) is 7.11 Å². The van der Waals surface area contributed by atoms with E-state index in [9.17, 15) is 14.4 Å². The molecule has 4 nitrogen and oxygen atoms in total. The first kappa shape index (κ1) is 19.1. The highest BCUT2D eigenvalue weighted by Gasteiger charge is 2.64. The number of ketones is 2. The van der Waals surface area contributed by atoms with Gasteiger partial charge in [-0.2, -0.15) is 0 Å². The first-order chi connectivity index (χ1) is 12.7. The van der Waals surface area contributed by atoms with Gasteiger partial charge in [0.05, 0.1) is 13.0 Å². The van der Waals surface area contributed by atoms with Crippen LogP contribution in [0.3, 0.4) is 0 Å². The fourth-order valence-corrected chi connectivity index (χ4v) is 7.94. The summed E-state index contributed by atoms with van der Waals surface area (Å²) in [6.07, 6.45) is 7.28. The molecule has 0 unspecified atom stereocenters. The van der Waals surface area contributed by atoms with E-state index < -0.39 is 0 Å². The molecule has 0 radical (unpaired) electrons. The molecule has 8 atom stereocenters. The Hall–Kier alpha value is -1.19. The van der Waals surface area contributed by atoms with E-state index in [2.05, 4.69) is 13.8 Å². The summed E-state index contributed by atoms with van der Waals surface area (Å²) in [7, 11) is 1.44. The molecular formula is C23H34O4. The van der Waals surface area contributed by atoms with Crippen LogP contribution in [0, 0.1) is 46.3 Å². The van der Waals surface area contributed by atoms with Crippen LogP contribution < -0.4 is 0 Å². The van der Waals surface area contributed by atoms with E-state index in [0.29, 0.717) is 48.1 Å². The summed E-state index contributed by atoms with van der Waals surface area (Å²) in [5.74, 6) is 2.31. The van der Waals surface area contributed by atoms with Crippen LogP contribution in [0.2, 0.25) is 0 Å². The number of esters is 1. The lowest BCUT2D eigenvalue weighted by Crippen LogP contribution is -2.57. The minimum atomic E-state index is -0.386. The van der Waals surface area contributed by atoms with Gasteiger partial charge in [-0.3, -0.25) is 14.4 Å². The summed E-state index contributed by atoms with van der Waals surface area (Å²) in [6, 6.07) is 0. The highest BCUT2D eigenvalue weighted by molar-refractivity contribution is 5.88. The first-order valence-electron chi connectivity index (χ1n) is 10.9. The number of rotatable bonds is 2. The summed E-state index contributed by atoms with van der Waals surface area (Å²) >= 11 is 0. The van der Waals surface area contributed by atoms with Gasteiger partial charge in [0, 0.05) is 24.7 Å². The zero-order chi connectivity index (χ0) is 19.6. The Balaban J connectivity index is 1.64. The highest BCUT2D eigenvalue weighted by Crippen LogP contribution is 2.66. The highest BCUT2D eigenvalue weighted by atomic mass is 16.5. The third-order valence-electron chi connectivity index (χ3n) is 9.59. The Labute approximate surface area is 162 Å². The van der Waals surface area contributed by atoms with E-state index in [-0.39, 0.29) is 28.6 Å². The lowest BCUT2D eigenvalue weighted by atomic mass is 9.44. The Morgan fingerprint density at radius 2 is 1.81 bits per heavy atom. The average molecular weight is 375 g/mol. The Bertz CT molecular complexity index is 669. The third kappa shape index (κ3) is 2.57. The number of ether oxygens (including phenoxy) is 1.